The zero-order chi connectivity index (χ0) is 21.4. The van der Waals surface area contributed by atoms with E-state index in [1.807, 2.05) is 19.9 Å². The number of carbonyl (C=O) groups excluding carboxylic acids is 2. The van der Waals surface area contributed by atoms with Crippen molar-refractivity contribution in [3.63, 3.8) is 0 Å². The van der Waals surface area contributed by atoms with Crippen LogP contribution in [0.2, 0.25) is 10.0 Å². The molecular weight excluding hydrogens is 427 g/mol. The maximum Gasteiger partial charge on any atom is 0.242 e. The van der Waals surface area contributed by atoms with Gasteiger partial charge in [0.05, 0.1) is 15.8 Å². The number of hydrogen-bond donors (Lipinski definition) is 1. The number of hydrogen-bond acceptors (Lipinski definition) is 3. The normalized spacial score (nSPS) is 11.8. The first kappa shape index (κ1) is 23.6. The Hall–Kier alpha value is -1.69. The van der Waals surface area contributed by atoms with Crippen LogP contribution in [0.3, 0.4) is 0 Å². The van der Waals surface area contributed by atoms with Gasteiger partial charge in [-0.3, -0.25) is 9.59 Å². The molecule has 0 aromatic heterocycles. The number of nitrogens with zero attached hydrogens (tertiary/aromatic N) is 1. The van der Waals surface area contributed by atoms with Crippen LogP contribution in [0.15, 0.2) is 42.5 Å². The molecule has 1 atom stereocenters. The summed E-state index contributed by atoms with van der Waals surface area (Å²) in [6.45, 7) is 4.24. The predicted octanol–water partition coefficient (Wildman–Crippen LogP) is 5.09. The molecule has 0 bridgehead atoms. The number of nitrogens with one attached hydrogen (secondary N) is 1. The molecule has 0 saturated carbocycles. The molecule has 0 saturated heterocycles. The fraction of sp³-hybridized carbons (Fsp3) is 0.364. The molecule has 0 aliphatic heterocycles. The molecule has 156 valence electrons. The van der Waals surface area contributed by atoms with Crippen LogP contribution >= 0.6 is 35.0 Å². The first-order valence-corrected chi connectivity index (χ1v) is 11.3. The van der Waals surface area contributed by atoms with E-state index < -0.39 is 6.04 Å². The third-order valence-electron chi connectivity index (χ3n) is 4.58. The highest BCUT2D eigenvalue weighted by molar-refractivity contribution is 7.99. The Bertz CT molecular complexity index is 843. The maximum absolute atomic E-state index is 13.0. The van der Waals surface area contributed by atoms with Gasteiger partial charge in [0.1, 0.15) is 6.04 Å². The van der Waals surface area contributed by atoms with Crippen molar-refractivity contribution in [2.75, 3.05) is 12.8 Å². The van der Waals surface area contributed by atoms with Crippen LogP contribution in [-0.2, 0) is 21.9 Å². The second kappa shape index (κ2) is 11.5. The standard InChI is InChI=1S/C22H26Cl2N2O2S/c1-4-20(22(28)25-3)26(12-17-9-10-18(23)19(24)11-17)21(27)14-29-13-16-7-5-15(2)6-8-16/h5-11,20H,4,12-14H2,1-3H3,(H,25,28)/t20-/m1/s1. The molecule has 0 radical (unpaired) electrons. The molecule has 29 heavy (non-hydrogen) atoms. The van der Waals surface area contributed by atoms with Gasteiger partial charge in [-0.25, -0.2) is 0 Å². The van der Waals surface area contributed by atoms with Crippen LogP contribution in [0.1, 0.15) is 30.0 Å². The SMILES string of the molecule is CC[C@H](C(=O)NC)N(Cc1ccc(Cl)c(Cl)c1)C(=O)CSCc1ccc(C)cc1. The van der Waals surface area contributed by atoms with Gasteiger partial charge in [-0.1, -0.05) is 66.0 Å². The summed E-state index contributed by atoms with van der Waals surface area (Å²) in [5.41, 5.74) is 3.21. The van der Waals surface area contributed by atoms with Gasteiger partial charge in [-0.2, -0.15) is 0 Å². The second-order valence-electron chi connectivity index (χ2n) is 6.79. The highest BCUT2D eigenvalue weighted by atomic mass is 35.5. The third kappa shape index (κ3) is 6.95. The van der Waals surface area contributed by atoms with Crippen molar-refractivity contribution >= 4 is 46.8 Å². The average Bonchev–Trinajstić information content (AvgIpc) is 2.71. The molecule has 0 unspecified atom stereocenters. The van der Waals surface area contributed by atoms with E-state index in [-0.39, 0.29) is 11.8 Å². The zero-order valence-electron chi connectivity index (χ0n) is 16.9. The van der Waals surface area contributed by atoms with Crippen molar-refractivity contribution in [1.29, 1.82) is 0 Å². The molecule has 2 aromatic rings. The van der Waals surface area contributed by atoms with Crippen molar-refractivity contribution in [2.45, 2.75) is 38.6 Å². The van der Waals surface area contributed by atoms with E-state index in [2.05, 4.69) is 29.6 Å². The van der Waals surface area contributed by atoms with Gasteiger partial charge in [0.15, 0.2) is 0 Å². The van der Waals surface area contributed by atoms with Gasteiger partial charge in [-0.15, -0.1) is 11.8 Å². The largest absolute Gasteiger partial charge is 0.357 e. The lowest BCUT2D eigenvalue weighted by molar-refractivity contribution is -0.139. The molecule has 4 nitrogen and oxygen atoms in total. The Labute approximate surface area is 187 Å². The van der Waals surface area contributed by atoms with Crippen LogP contribution in [0.4, 0.5) is 0 Å². The fourth-order valence-corrected chi connectivity index (χ4v) is 4.14. The number of aryl methyl sites for hydroxylation is 1. The number of carbonyl (C=O) groups is 2. The van der Waals surface area contributed by atoms with Crippen molar-refractivity contribution in [2.24, 2.45) is 0 Å². The van der Waals surface area contributed by atoms with Gasteiger partial charge in [0, 0.05) is 19.3 Å². The lowest BCUT2D eigenvalue weighted by Gasteiger charge is -2.30. The smallest absolute Gasteiger partial charge is 0.242 e. The van der Waals surface area contributed by atoms with Gasteiger partial charge < -0.3 is 10.2 Å². The van der Waals surface area contributed by atoms with Crippen LogP contribution in [0.5, 0.6) is 0 Å². The summed E-state index contributed by atoms with van der Waals surface area (Å²) in [6, 6.07) is 13.0. The Kier molecular flexibility index (Phi) is 9.34. The Morgan fingerprint density at radius 1 is 1.07 bits per heavy atom. The summed E-state index contributed by atoms with van der Waals surface area (Å²) < 4.78 is 0. The van der Waals surface area contributed by atoms with Gasteiger partial charge >= 0.3 is 0 Å². The van der Waals surface area contributed by atoms with E-state index >= 15 is 0 Å². The molecule has 2 aromatic carbocycles. The lowest BCUT2D eigenvalue weighted by Crippen LogP contribution is -2.48. The molecule has 7 heteroatoms. The highest BCUT2D eigenvalue weighted by Gasteiger charge is 2.27. The molecule has 0 heterocycles. The van der Waals surface area contributed by atoms with Gasteiger partial charge in [0.2, 0.25) is 11.8 Å². The van der Waals surface area contributed by atoms with E-state index in [0.29, 0.717) is 28.8 Å². The van der Waals surface area contributed by atoms with E-state index in [9.17, 15) is 9.59 Å². The summed E-state index contributed by atoms with van der Waals surface area (Å²) in [5.74, 6) is 0.777. The van der Waals surface area contributed by atoms with Gasteiger partial charge in [0.25, 0.3) is 0 Å². The first-order chi connectivity index (χ1) is 13.8. The molecule has 0 fully saturated rings. The third-order valence-corrected chi connectivity index (χ3v) is 6.31. The fourth-order valence-electron chi connectivity index (χ4n) is 2.94. The average molecular weight is 453 g/mol. The lowest BCUT2D eigenvalue weighted by atomic mass is 10.1. The number of halogens is 2. The van der Waals surface area contributed by atoms with Gasteiger partial charge in [-0.05, 0) is 36.6 Å². The quantitative estimate of drug-likeness (QED) is 0.576. The molecule has 0 spiro atoms. The number of likely N-dealkylation sites (N-methyl/N-ethyl adjacent to an activating group) is 1. The highest BCUT2D eigenvalue weighted by Crippen LogP contribution is 2.24. The summed E-state index contributed by atoms with van der Waals surface area (Å²) in [4.78, 5) is 27.0. The summed E-state index contributed by atoms with van der Waals surface area (Å²) in [5, 5.41) is 3.55. The summed E-state index contributed by atoms with van der Waals surface area (Å²) in [6.07, 6.45) is 0.523. The Morgan fingerprint density at radius 2 is 1.72 bits per heavy atom. The minimum absolute atomic E-state index is 0.0800. The molecule has 2 amide bonds. The van der Waals surface area contributed by atoms with Crippen LogP contribution in [-0.4, -0.2) is 35.6 Å². The van der Waals surface area contributed by atoms with Crippen LogP contribution < -0.4 is 5.32 Å². The molecule has 0 aliphatic carbocycles. The predicted molar refractivity (Wildman–Crippen MR) is 122 cm³/mol. The minimum Gasteiger partial charge on any atom is -0.357 e. The molecular formula is C22H26Cl2N2O2S. The monoisotopic (exact) mass is 452 g/mol. The number of amides is 2. The van der Waals surface area contributed by atoms with Crippen molar-refractivity contribution in [1.82, 2.24) is 10.2 Å². The van der Waals surface area contributed by atoms with Crippen molar-refractivity contribution in [3.05, 3.63) is 69.2 Å². The van der Waals surface area contributed by atoms with E-state index in [0.717, 1.165) is 11.3 Å². The van der Waals surface area contributed by atoms with Crippen LogP contribution in [0.25, 0.3) is 0 Å². The summed E-state index contributed by atoms with van der Waals surface area (Å²) in [7, 11) is 1.58. The maximum atomic E-state index is 13.0. The second-order valence-corrected chi connectivity index (χ2v) is 8.59. The first-order valence-electron chi connectivity index (χ1n) is 9.44. The Morgan fingerprint density at radius 3 is 2.31 bits per heavy atom. The van der Waals surface area contributed by atoms with E-state index in [1.165, 1.54) is 11.1 Å². The van der Waals surface area contributed by atoms with Crippen LogP contribution in [0, 0.1) is 6.92 Å². The molecule has 0 aliphatic rings. The van der Waals surface area contributed by atoms with E-state index in [1.54, 1.807) is 35.8 Å². The molecule has 1 N–H and O–H groups in total. The van der Waals surface area contributed by atoms with E-state index in [4.69, 9.17) is 23.2 Å². The van der Waals surface area contributed by atoms with Crippen molar-refractivity contribution < 1.29 is 9.59 Å². The summed E-state index contributed by atoms with van der Waals surface area (Å²) >= 11 is 13.7. The Balaban J connectivity index is 2.11. The number of benzene rings is 2. The number of thioether (sulfide) groups is 1. The number of rotatable bonds is 9. The molecule has 2 rings (SSSR count). The minimum atomic E-state index is -0.540. The topological polar surface area (TPSA) is 49.4 Å². The zero-order valence-corrected chi connectivity index (χ0v) is 19.2. The van der Waals surface area contributed by atoms with Crippen molar-refractivity contribution in [3.8, 4) is 0 Å².